The number of thiazole rings is 1. The minimum absolute atomic E-state index is 0.131. The number of halogens is 1. The van der Waals surface area contributed by atoms with E-state index in [0.717, 1.165) is 23.5 Å². The van der Waals surface area contributed by atoms with Crippen molar-refractivity contribution < 1.29 is 8.42 Å². The van der Waals surface area contributed by atoms with Crippen molar-refractivity contribution in [3.8, 4) is 0 Å². The fourth-order valence-electron chi connectivity index (χ4n) is 1.64. The summed E-state index contributed by atoms with van der Waals surface area (Å²) in [4.78, 5) is 4.27. The number of rotatable bonds is 6. The number of primary sulfonamides is 1. The fourth-order valence-corrected chi connectivity index (χ4v) is 3.09. The fraction of sp³-hybridized carbons (Fsp3) is 0.250. The van der Waals surface area contributed by atoms with Gasteiger partial charge in [-0.2, -0.15) is 0 Å². The number of sulfonamides is 1. The molecule has 0 unspecified atom stereocenters. The van der Waals surface area contributed by atoms with E-state index in [2.05, 4.69) is 10.3 Å². The molecule has 0 bridgehead atoms. The van der Waals surface area contributed by atoms with Crippen LogP contribution >= 0.6 is 22.9 Å². The smallest absolute Gasteiger partial charge is 0.238 e. The highest BCUT2D eigenvalue weighted by Gasteiger charge is 2.06. The minimum Gasteiger partial charge on any atom is -0.310 e. The maximum Gasteiger partial charge on any atom is 0.238 e. The summed E-state index contributed by atoms with van der Waals surface area (Å²) in [6.45, 7) is 1.44. The van der Waals surface area contributed by atoms with E-state index in [1.807, 2.05) is 0 Å². The normalized spacial score (nSPS) is 11.7. The van der Waals surface area contributed by atoms with Crippen LogP contribution < -0.4 is 10.5 Å². The number of aromatic nitrogens is 1. The third kappa shape index (κ3) is 4.53. The molecule has 2 aromatic rings. The van der Waals surface area contributed by atoms with Crippen molar-refractivity contribution in [2.45, 2.75) is 17.9 Å². The van der Waals surface area contributed by atoms with Gasteiger partial charge < -0.3 is 5.32 Å². The molecule has 3 N–H and O–H groups in total. The molecular formula is C12H14ClN3O2S2. The van der Waals surface area contributed by atoms with Crippen molar-refractivity contribution in [3.05, 3.63) is 45.4 Å². The van der Waals surface area contributed by atoms with E-state index in [4.69, 9.17) is 16.7 Å². The largest absolute Gasteiger partial charge is 0.310 e. The first kappa shape index (κ1) is 15.4. The Morgan fingerprint density at radius 2 is 2.00 bits per heavy atom. The summed E-state index contributed by atoms with van der Waals surface area (Å²) in [5.41, 5.74) is 1.04. The van der Waals surface area contributed by atoms with E-state index < -0.39 is 10.0 Å². The standard InChI is InChI=1S/C12H14ClN3O2S2/c13-11-7-16-12(19-11)8-15-6-5-9-1-3-10(4-2-9)20(14,17)18/h1-4,7,15H,5-6,8H2,(H2,14,17,18). The molecule has 0 aliphatic heterocycles. The molecule has 8 heteroatoms. The van der Waals surface area contributed by atoms with Gasteiger partial charge in [-0.25, -0.2) is 18.5 Å². The molecule has 2 rings (SSSR count). The highest BCUT2D eigenvalue weighted by atomic mass is 35.5. The lowest BCUT2D eigenvalue weighted by Crippen LogP contribution is -2.16. The third-order valence-corrected chi connectivity index (χ3v) is 4.69. The number of nitrogens with one attached hydrogen (secondary N) is 1. The zero-order valence-electron chi connectivity index (χ0n) is 10.5. The van der Waals surface area contributed by atoms with E-state index in [0.29, 0.717) is 10.9 Å². The van der Waals surface area contributed by atoms with Crippen molar-refractivity contribution in [2.24, 2.45) is 5.14 Å². The molecule has 0 fully saturated rings. The topological polar surface area (TPSA) is 85.1 Å². The van der Waals surface area contributed by atoms with Crippen LogP contribution in [0.5, 0.6) is 0 Å². The Bertz CT molecular complexity index is 668. The quantitative estimate of drug-likeness (QED) is 0.790. The first-order valence-corrected chi connectivity index (χ1v) is 8.62. The molecule has 0 aliphatic carbocycles. The Kier molecular flexibility index (Phi) is 5.11. The van der Waals surface area contributed by atoms with E-state index in [1.165, 1.54) is 23.5 Å². The van der Waals surface area contributed by atoms with Gasteiger partial charge in [0, 0.05) is 6.54 Å². The maximum absolute atomic E-state index is 11.1. The molecule has 108 valence electrons. The van der Waals surface area contributed by atoms with E-state index in [-0.39, 0.29) is 4.90 Å². The summed E-state index contributed by atoms with van der Waals surface area (Å²) >= 11 is 7.24. The van der Waals surface area contributed by atoms with Crippen molar-refractivity contribution in [1.82, 2.24) is 10.3 Å². The second-order valence-corrected chi connectivity index (χ2v) is 7.48. The molecule has 0 saturated carbocycles. The lowest BCUT2D eigenvalue weighted by molar-refractivity contribution is 0.597. The van der Waals surface area contributed by atoms with Crippen LogP contribution in [-0.4, -0.2) is 19.9 Å². The Labute approximate surface area is 126 Å². The highest BCUT2D eigenvalue weighted by molar-refractivity contribution is 7.89. The van der Waals surface area contributed by atoms with Crippen LogP contribution in [0.4, 0.5) is 0 Å². The predicted molar refractivity (Wildman–Crippen MR) is 80.3 cm³/mol. The third-order valence-electron chi connectivity index (χ3n) is 2.64. The average Bonchev–Trinajstić information content (AvgIpc) is 2.80. The van der Waals surface area contributed by atoms with Gasteiger partial charge in [-0.3, -0.25) is 0 Å². The van der Waals surface area contributed by atoms with Crippen LogP contribution in [-0.2, 0) is 23.0 Å². The number of hydrogen-bond donors (Lipinski definition) is 2. The molecule has 0 aliphatic rings. The summed E-state index contributed by atoms with van der Waals surface area (Å²) in [5, 5.41) is 9.24. The van der Waals surface area contributed by atoms with Crippen molar-refractivity contribution in [1.29, 1.82) is 0 Å². The summed E-state index contributed by atoms with van der Waals surface area (Å²) in [6, 6.07) is 6.57. The molecule has 0 saturated heterocycles. The lowest BCUT2D eigenvalue weighted by atomic mass is 10.1. The van der Waals surface area contributed by atoms with Crippen molar-refractivity contribution in [3.63, 3.8) is 0 Å². The average molecular weight is 332 g/mol. The first-order valence-electron chi connectivity index (χ1n) is 5.88. The zero-order valence-corrected chi connectivity index (χ0v) is 12.9. The summed E-state index contributed by atoms with van der Waals surface area (Å²) in [7, 11) is -3.61. The molecule has 1 heterocycles. The van der Waals surface area contributed by atoms with E-state index >= 15 is 0 Å². The van der Waals surface area contributed by atoms with Crippen molar-refractivity contribution >= 4 is 33.0 Å². The Balaban J connectivity index is 1.80. The van der Waals surface area contributed by atoms with Crippen LogP contribution in [0.2, 0.25) is 4.34 Å². The van der Waals surface area contributed by atoms with Crippen LogP contribution in [0.15, 0.2) is 35.4 Å². The number of benzene rings is 1. The van der Waals surface area contributed by atoms with Gasteiger partial charge in [0.15, 0.2) is 0 Å². The number of nitrogens with zero attached hydrogens (tertiary/aromatic N) is 1. The monoisotopic (exact) mass is 331 g/mol. The SMILES string of the molecule is NS(=O)(=O)c1ccc(CCNCc2ncc(Cl)s2)cc1. The van der Waals surface area contributed by atoms with Gasteiger partial charge in [0.25, 0.3) is 0 Å². The minimum atomic E-state index is -3.61. The molecule has 5 nitrogen and oxygen atoms in total. The van der Waals surface area contributed by atoms with Gasteiger partial charge in [0.2, 0.25) is 10.0 Å². The van der Waals surface area contributed by atoms with Gasteiger partial charge in [-0.05, 0) is 30.7 Å². The summed E-state index contributed by atoms with van der Waals surface area (Å²) in [5.74, 6) is 0. The van der Waals surface area contributed by atoms with Crippen LogP contribution in [0.1, 0.15) is 10.6 Å². The van der Waals surface area contributed by atoms with Crippen LogP contribution in [0.25, 0.3) is 0 Å². The molecule has 0 atom stereocenters. The predicted octanol–water partition coefficient (Wildman–Crippen LogP) is 1.78. The molecule has 1 aromatic carbocycles. The van der Waals surface area contributed by atoms with Gasteiger partial charge >= 0.3 is 0 Å². The summed E-state index contributed by atoms with van der Waals surface area (Å²) < 4.78 is 22.9. The van der Waals surface area contributed by atoms with Gasteiger partial charge in [-0.1, -0.05) is 23.7 Å². The number of hydrogen-bond acceptors (Lipinski definition) is 5. The molecule has 0 radical (unpaired) electrons. The summed E-state index contributed by atoms with van der Waals surface area (Å²) in [6.07, 6.45) is 2.43. The Morgan fingerprint density at radius 1 is 1.30 bits per heavy atom. The van der Waals surface area contributed by atoms with Crippen LogP contribution in [0, 0.1) is 0 Å². The lowest BCUT2D eigenvalue weighted by Gasteiger charge is -2.04. The first-order chi connectivity index (χ1) is 9.45. The Morgan fingerprint density at radius 3 is 2.55 bits per heavy atom. The highest BCUT2D eigenvalue weighted by Crippen LogP contribution is 2.17. The molecular weight excluding hydrogens is 318 g/mol. The maximum atomic E-state index is 11.1. The molecule has 0 amide bonds. The van der Waals surface area contributed by atoms with Gasteiger partial charge in [0.05, 0.1) is 11.1 Å². The number of nitrogens with two attached hydrogens (primary N) is 1. The molecule has 0 spiro atoms. The van der Waals surface area contributed by atoms with Gasteiger partial charge in [-0.15, -0.1) is 11.3 Å². The molecule has 1 aromatic heterocycles. The second-order valence-electron chi connectivity index (χ2n) is 4.17. The second kappa shape index (κ2) is 6.64. The van der Waals surface area contributed by atoms with E-state index in [1.54, 1.807) is 18.3 Å². The van der Waals surface area contributed by atoms with Gasteiger partial charge in [0.1, 0.15) is 9.34 Å². The zero-order chi connectivity index (χ0) is 14.6. The van der Waals surface area contributed by atoms with E-state index in [9.17, 15) is 8.42 Å². The Hall–Kier alpha value is -0.990. The van der Waals surface area contributed by atoms with Crippen molar-refractivity contribution in [2.75, 3.05) is 6.54 Å². The van der Waals surface area contributed by atoms with Crippen LogP contribution in [0.3, 0.4) is 0 Å². The molecule has 20 heavy (non-hydrogen) atoms.